The molecule has 0 radical (unpaired) electrons. The molecule has 0 aliphatic carbocycles. The fraction of sp³-hybridized carbons (Fsp3) is 0.500. The van der Waals surface area contributed by atoms with Gasteiger partial charge in [-0.05, 0) is 12.0 Å². The van der Waals surface area contributed by atoms with Gasteiger partial charge in [-0.1, -0.05) is 43.7 Å². The van der Waals surface area contributed by atoms with E-state index in [-0.39, 0.29) is 24.5 Å². The van der Waals surface area contributed by atoms with Crippen LogP contribution in [0.15, 0.2) is 30.3 Å². The monoisotopic (exact) mass is 250 g/mol. The molecule has 0 saturated carbocycles. The third-order valence-corrected chi connectivity index (χ3v) is 2.99. The molecule has 4 heteroatoms. The van der Waals surface area contributed by atoms with E-state index < -0.39 is 0 Å². The number of carbonyl (C=O) groups is 1. The summed E-state index contributed by atoms with van der Waals surface area (Å²) < 4.78 is 0. The van der Waals surface area contributed by atoms with Crippen LogP contribution in [0.3, 0.4) is 0 Å². The highest BCUT2D eigenvalue weighted by Crippen LogP contribution is 2.13. The van der Waals surface area contributed by atoms with E-state index in [1.54, 1.807) is 0 Å². The summed E-state index contributed by atoms with van der Waals surface area (Å²) in [6.45, 7) is 2.25. The molecule has 18 heavy (non-hydrogen) atoms. The molecule has 0 aliphatic heterocycles. The lowest BCUT2D eigenvalue weighted by Crippen LogP contribution is -2.38. The van der Waals surface area contributed by atoms with E-state index in [1.165, 1.54) is 0 Å². The number of carbonyl (C=O) groups excluding carboxylic acids is 1. The molecular weight excluding hydrogens is 228 g/mol. The molecule has 0 aliphatic rings. The normalized spacial score (nSPS) is 13.9. The first kappa shape index (κ1) is 14.7. The first-order valence-electron chi connectivity index (χ1n) is 6.39. The van der Waals surface area contributed by atoms with Gasteiger partial charge in [-0.15, -0.1) is 0 Å². The molecule has 1 unspecified atom stereocenters. The second-order valence-corrected chi connectivity index (χ2v) is 4.38. The topological polar surface area (TPSA) is 75.4 Å². The summed E-state index contributed by atoms with van der Waals surface area (Å²) in [5.74, 6) is -0.255. The van der Waals surface area contributed by atoms with Gasteiger partial charge in [0.05, 0.1) is 18.6 Å². The predicted octanol–water partition coefficient (Wildman–Crippen LogP) is 1.21. The van der Waals surface area contributed by atoms with Gasteiger partial charge < -0.3 is 16.2 Å². The van der Waals surface area contributed by atoms with Gasteiger partial charge in [0.1, 0.15) is 0 Å². The average Bonchev–Trinajstić information content (AvgIpc) is 2.42. The molecule has 0 spiro atoms. The van der Waals surface area contributed by atoms with Gasteiger partial charge in [-0.3, -0.25) is 4.79 Å². The number of aliphatic hydroxyl groups excluding tert-OH is 1. The van der Waals surface area contributed by atoms with Crippen molar-refractivity contribution in [1.82, 2.24) is 5.32 Å². The zero-order chi connectivity index (χ0) is 13.4. The summed E-state index contributed by atoms with van der Waals surface area (Å²) in [4.78, 5) is 12.0. The Bertz CT molecular complexity index is 354. The summed E-state index contributed by atoms with van der Waals surface area (Å²) in [5, 5.41) is 12.2. The minimum absolute atomic E-state index is 0.0812. The van der Waals surface area contributed by atoms with Crippen LogP contribution >= 0.6 is 0 Å². The zero-order valence-corrected chi connectivity index (χ0v) is 10.8. The van der Waals surface area contributed by atoms with Gasteiger partial charge in [0.2, 0.25) is 5.91 Å². The van der Waals surface area contributed by atoms with Crippen LogP contribution in [-0.2, 0) is 4.79 Å². The first-order valence-corrected chi connectivity index (χ1v) is 6.39. The van der Waals surface area contributed by atoms with Crippen LogP contribution in [0.4, 0.5) is 0 Å². The van der Waals surface area contributed by atoms with Gasteiger partial charge in [-0.2, -0.15) is 0 Å². The molecule has 4 N–H and O–H groups in total. The number of aliphatic hydroxyl groups is 1. The molecule has 0 heterocycles. The van der Waals surface area contributed by atoms with Gasteiger partial charge in [0.25, 0.3) is 0 Å². The van der Waals surface area contributed by atoms with Crippen molar-refractivity contribution in [2.24, 2.45) is 11.7 Å². The molecule has 1 aromatic carbocycles. The van der Waals surface area contributed by atoms with Crippen LogP contribution in [0, 0.1) is 5.92 Å². The van der Waals surface area contributed by atoms with E-state index in [1.807, 2.05) is 37.3 Å². The summed E-state index contributed by atoms with van der Waals surface area (Å²) >= 11 is 0. The van der Waals surface area contributed by atoms with E-state index in [0.29, 0.717) is 6.54 Å². The van der Waals surface area contributed by atoms with Crippen LogP contribution in [0.25, 0.3) is 0 Å². The van der Waals surface area contributed by atoms with Gasteiger partial charge in [0.15, 0.2) is 0 Å². The van der Waals surface area contributed by atoms with Crippen molar-refractivity contribution in [2.75, 3.05) is 13.2 Å². The Kier molecular flexibility index (Phi) is 6.39. The van der Waals surface area contributed by atoms with E-state index in [4.69, 9.17) is 5.73 Å². The highest BCUT2D eigenvalue weighted by molar-refractivity contribution is 5.79. The molecule has 1 rings (SSSR count). The molecular formula is C14H22N2O2. The van der Waals surface area contributed by atoms with Crippen LogP contribution in [0.2, 0.25) is 0 Å². The van der Waals surface area contributed by atoms with Gasteiger partial charge >= 0.3 is 0 Å². The molecule has 2 atom stereocenters. The summed E-state index contributed by atoms with van der Waals surface area (Å²) in [6.07, 6.45) is 1.69. The van der Waals surface area contributed by atoms with E-state index >= 15 is 0 Å². The minimum Gasteiger partial charge on any atom is -0.394 e. The average molecular weight is 250 g/mol. The van der Waals surface area contributed by atoms with Crippen molar-refractivity contribution in [2.45, 2.75) is 25.8 Å². The zero-order valence-electron chi connectivity index (χ0n) is 10.8. The largest absolute Gasteiger partial charge is 0.394 e. The Labute approximate surface area is 108 Å². The molecule has 1 amide bonds. The number of amides is 1. The predicted molar refractivity (Wildman–Crippen MR) is 71.9 cm³/mol. The summed E-state index contributed by atoms with van der Waals surface area (Å²) in [7, 11) is 0. The van der Waals surface area contributed by atoms with Crippen molar-refractivity contribution < 1.29 is 9.90 Å². The highest BCUT2D eigenvalue weighted by Gasteiger charge is 2.19. The second kappa shape index (κ2) is 7.84. The fourth-order valence-corrected chi connectivity index (χ4v) is 1.91. The number of hydrogen-bond donors (Lipinski definition) is 3. The molecule has 100 valence electrons. The van der Waals surface area contributed by atoms with Crippen molar-refractivity contribution in [3.05, 3.63) is 35.9 Å². The Morgan fingerprint density at radius 1 is 1.39 bits per heavy atom. The Hall–Kier alpha value is -1.39. The number of nitrogens with one attached hydrogen (secondary N) is 1. The molecule has 0 saturated heterocycles. The lowest BCUT2D eigenvalue weighted by molar-refractivity contribution is -0.126. The van der Waals surface area contributed by atoms with Crippen molar-refractivity contribution in [3.8, 4) is 0 Å². The number of hydrogen-bond acceptors (Lipinski definition) is 3. The van der Waals surface area contributed by atoms with Crippen molar-refractivity contribution >= 4 is 5.91 Å². The number of nitrogens with two attached hydrogens (primary N) is 1. The third kappa shape index (κ3) is 4.13. The SMILES string of the molecule is CCCC(CN)C(=O)N[C@H](CO)c1ccccc1. The van der Waals surface area contributed by atoms with Crippen molar-refractivity contribution in [3.63, 3.8) is 0 Å². The summed E-state index contributed by atoms with van der Waals surface area (Å²) in [5.41, 5.74) is 6.50. The van der Waals surface area contributed by atoms with Gasteiger partial charge in [-0.25, -0.2) is 0 Å². The highest BCUT2D eigenvalue weighted by atomic mass is 16.3. The standard InChI is InChI=1S/C14H22N2O2/c1-2-6-12(9-15)14(18)16-13(10-17)11-7-4-3-5-8-11/h3-5,7-8,12-13,17H,2,6,9-10,15H2,1H3,(H,16,18)/t12?,13-/m1/s1. The third-order valence-electron chi connectivity index (χ3n) is 2.99. The van der Waals surface area contributed by atoms with E-state index in [0.717, 1.165) is 18.4 Å². The minimum atomic E-state index is -0.357. The summed E-state index contributed by atoms with van der Waals surface area (Å²) in [6, 6.07) is 9.09. The molecule has 4 nitrogen and oxygen atoms in total. The van der Waals surface area contributed by atoms with Crippen LogP contribution < -0.4 is 11.1 Å². The lowest BCUT2D eigenvalue weighted by Gasteiger charge is -2.20. The smallest absolute Gasteiger partial charge is 0.224 e. The maximum atomic E-state index is 12.0. The fourth-order valence-electron chi connectivity index (χ4n) is 1.91. The number of rotatable bonds is 7. The van der Waals surface area contributed by atoms with Crippen LogP contribution in [0.1, 0.15) is 31.4 Å². The Morgan fingerprint density at radius 3 is 2.56 bits per heavy atom. The number of benzene rings is 1. The van der Waals surface area contributed by atoms with E-state index in [9.17, 15) is 9.90 Å². The first-order chi connectivity index (χ1) is 8.72. The second-order valence-electron chi connectivity index (χ2n) is 4.38. The molecule has 0 aromatic heterocycles. The Balaban J connectivity index is 2.66. The maximum Gasteiger partial charge on any atom is 0.224 e. The van der Waals surface area contributed by atoms with Crippen molar-refractivity contribution in [1.29, 1.82) is 0 Å². The van der Waals surface area contributed by atoms with Gasteiger partial charge in [0, 0.05) is 6.54 Å². The quantitative estimate of drug-likeness (QED) is 0.681. The lowest BCUT2D eigenvalue weighted by atomic mass is 10.0. The molecule has 0 fully saturated rings. The van der Waals surface area contributed by atoms with E-state index in [2.05, 4.69) is 5.32 Å². The molecule has 0 bridgehead atoms. The van der Waals surface area contributed by atoms with Crippen LogP contribution in [-0.4, -0.2) is 24.2 Å². The Morgan fingerprint density at radius 2 is 2.06 bits per heavy atom. The van der Waals surface area contributed by atoms with Crippen LogP contribution in [0.5, 0.6) is 0 Å². The maximum absolute atomic E-state index is 12.0. The molecule has 1 aromatic rings.